The molecule has 30 heavy (non-hydrogen) atoms. The molecule has 2 heterocycles. The van der Waals surface area contributed by atoms with Gasteiger partial charge in [-0.05, 0) is 65.4 Å². The number of halogens is 1. The highest BCUT2D eigenvalue weighted by Crippen LogP contribution is 2.32. The van der Waals surface area contributed by atoms with Crippen molar-refractivity contribution in [1.82, 2.24) is 25.3 Å². The number of hydrogen-bond acceptors (Lipinski definition) is 4. The zero-order valence-corrected chi connectivity index (χ0v) is 21.0. The van der Waals surface area contributed by atoms with Gasteiger partial charge in [-0.3, -0.25) is 5.10 Å². The Morgan fingerprint density at radius 3 is 2.57 bits per heavy atom. The number of rotatable bonds is 6. The third kappa shape index (κ3) is 7.63. The molecule has 1 aromatic heterocycles. The van der Waals surface area contributed by atoms with E-state index in [2.05, 4.69) is 27.3 Å². The Balaban J connectivity index is 0.00000320. The van der Waals surface area contributed by atoms with Gasteiger partial charge >= 0.3 is 6.09 Å². The third-order valence-electron chi connectivity index (χ3n) is 5.28. The van der Waals surface area contributed by atoms with Crippen LogP contribution in [-0.4, -0.2) is 69.9 Å². The third-order valence-corrected chi connectivity index (χ3v) is 5.28. The predicted molar refractivity (Wildman–Crippen MR) is 129 cm³/mol. The summed E-state index contributed by atoms with van der Waals surface area (Å²) in [5.41, 5.74) is 0.535. The highest BCUT2D eigenvalue weighted by molar-refractivity contribution is 14.0. The first-order valence-corrected chi connectivity index (χ1v) is 10.9. The van der Waals surface area contributed by atoms with Crippen LogP contribution in [-0.2, 0) is 11.3 Å². The average molecular weight is 532 g/mol. The molecule has 170 valence electrons. The second-order valence-electron chi connectivity index (χ2n) is 9.05. The minimum absolute atomic E-state index is 0. The Morgan fingerprint density at radius 2 is 2.03 bits per heavy atom. The Bertz CT molecular complexity index is 676. The number of carbonyl (C=O) groups excluding carboxylic acids is 1. The monoisotopic (exact) mass is 532 g/mol. The van der Waals surface area contributed by atoms with Gasteiger partial charge in [-0.25, -0.2) is 9.79 Å². The summed E-state index contributed by atoms with van der Waals surface area (Å²) in [6, 6.07) is 2.17. The lowest BCUT2D eigenvalue weighted by Crippen LogP contribution is -2.52. The minimum Gasteiger partial charge on any atom is -0.444 e. The maximum Gasteiger partial charge on any atom is 0.410 e. The molecule has 1 amide bonds. The number of hydrogen-bond donors (Lipinski definition) is 2. The van der Waals surface area contributed by atoms with Crippen LogP contribution in [0.4, 0.5) is 4.79 Å². The van der Waals surface area contributed by atoms with Crippen LogP contribution < -0.4 is 5.32 Å². The Kier molecular flexibility index (Phi) is 9.24. The molecule has 0 spiro atoms. The average Bonchev–Trinajstić information content (AvgIpc) is 3.34. The summed E-state index contributed by atoms with van der Waals surface area (Å²) in [6.07, 6.45) is 5.89. The molecular formula is C21H37IN6O2. The molecule has 0 radical (unpaired) electrons. The van der Waals surface area contributed by atoms with Crippen molar-refractivity contribution in [1.29, 1.82) is 0 Å². The van der Waals surface area contributed by atoms with Crippen molar-refractivity contribution in [3.63, 3.8) is 0 Å². The molecular weight excluding hydrogens is 495 g/mol. The number of aromatic amines is 1. The number of aromatic nitrogens is 2. The van der Waals surface area contributed by atoms with E-state index in [0.717, 1.165) is 50.7 Å². The van der Waals surface area contributed by atoms with Gasteiger partial charge in [0, 0.05) is 38.4 Å². The first-order valence-electron chi connectivity index (χ1n) is 10.9. The van der Waals surface area contributed by atoms with Crippen molar-refractivity contribution in [3.05, 3.63) is 18.0 Å². The summed E-state index contributed by atoms with van der Waals surface area (Å²) >= 11 is 0. The Labute approximate surface area is 197 Å². The van der Waals surface area contributed by atoms with Gasteiger partial charge in [0.15, 0.2) is 5.96 Å². The van der Waals surface area contributed by atoms with Crippen molar-refractivity contribution >= 4 is 36.0 Å². The largest absolute Gasteiger partial charge is 0.444 e. The lowest BCUT2D eigenvalue weighted by atomic mass is 10.0. The van der Waals surface area contributed by atoms with E-state index in [9.17, 15) is 4.79 Å². The summed E-state index contributed by atoms with van der Waals surface area (Å²) < 4.78 is 5.70. The topological polar surface area (TPSA) is 85.9 Å². The fraction of sp³-hybridized carbons (Fsp3) is 0.762. The van der Waals surface area contributed by atoms with Crippen molar-refractivity contribution in [2.24, 2.45) is 10.9 Å². The van der Waals surface area contributed by atoms with E-state index < -0.39 is 5.60 Å². The molecule has 1 aliphatic carbocycles. The summed E-state index contributed by atoms with van der Waals surface area (Å²) in [5.74, 6) is 1.57. The molecule has 1 saturated carbocycles. The molecule has 1 aromatic rings. The number of piperidine rings is 1. The van der Waals surface area contributed by atoms with Gasteiger partial charge in [0.2, 0.25) is 0 Å². The lowest BCUT2D eigenvalue weighted by Gasteiger charge is -2.40. The van der Waals surface area contributed by atoms with Crippen LogP contribution in [0.2, 0.25) is 0 Å². The van der Waals surface area contributed by atoms with E-state index in [1.165, 1.54) is 12.8 Å². The molecule has 2 aliphatic rings. The first kappa shape index (κ1) is 24.7. The number of nitrogens with zero attached hydrogens (tertiary/aromatic N) is 4. The molecule has 1 aliphatic heterocycles. The zero-order valence-electron chi connectivity index (χ0n) is 18.7. The van der Waals surface area contributed by atoms with Gasteiger partial charge in [-0.2, -0.15) is 5.10 Å². The van der Waals surface area contributed by atoms with Crippen molar-refractivity contribution in [2.75, 3.05) is 26.2 Å². The molecule has 0 atom stereocenters. The van der Waals surface area contributed by atoms with Gasteiger partial charge in [-0.1, -0.05) is 0 Å². The molecule has 2 N–H and O–H groups in total. The number of nitrogens with one attached hydrogen (secondary N) is 2. The molecule has 0 unspecified atom stereocenters. The predicted octanol–water partition coefficient (Wildman–Crippen LogP) is 3.60. The molecule has 0 bridgehead atoms. The smallest absolute Gasteiger partial charge is 0.410 e. The Morgan fingerprint density at radius 1 is 1.33 bits per heavy atom. The van der Waals surface area contributed by atoms with Crippen LogP contribution in [0.1, 0.15) is 59.1 Å². The van der Waals surface area contributed by atoms with Crippen molar-refractivity contribution in [3.8, 4) is 0 Å². The number of H-pyrrole nitrogens is 1. The highest BCUT2D eigenvalue weighted by Gasteiger charge is 2.35. The molecule has 8 nitrogen and oxygen atoms in total. The number of amides is 1. The van der Waals surface area contributed by atoms with E-state index in [-0.39, 0.29) is 36.1 Å². The maximum atomic E-state index is 12.8. The molecule has 1 saturated heterocycles. The van der Waals surface area contributed by atoms with E-state index >= 15 is 0 Å². The minimum atomic E-state index is -0.461. The van der Waals surface area contributed by atoms with Gasteiger partial charge in [0.1, 0.15) is 5.60 Å². The van der Waals surface area contributed by atoms with Gasteiger partial charge in [0.05, 0.1) is 12.2 Å². The second-order valence-corrected chi connectivity index (χ2v) is 9.05. The molecule has 9 heteroatoms. The van der Waals surface area contributed by atoms with Crippen LogP contribution in [0.5, 0.6) is 0 Å². The van der Waals surface area contributed by atoms with Gasteiger partial charge < -0.3 is 19.9 Å². The number of carbonyl (C=O) groups is 1. The van der Waals surface area contributed by atoms with Crippen LogP contribution in [0.15, 0.2) is 17.3 Å². The maximum absolute atomic E-state index is 12.8. The van der Waals surface area contributed by atoms with Crippen LogP contribution >= 0.6 is 24.0 Å². The number of aliphatic imine (C=N–C) groups is 1. The van der Waals surface area contributed by atoms with E-state index in [1.807, 2.05) is 31.7 Å². The summed E-state index contributed by atoms with van der Waals surface area (Å²) in [7, 11) is 0. The quantitative estimate of drug-likeness (QED) is 0.332. The fourth-order valence-electron chi connectivity index (χ4n) is 3.62. The summed E-state index contributed by atoms with van der Waals surface area (Å²) in [6.45, 7) is 11.9. The van der Waals surface area contributed by atoms with Gasteiger partial charge in [-0.15, -0.1) is 24.0 Å². The summed E-state index contributed by atoms with van der Waals surface area (Å²) in [4.78, 5) is 21.9. The van der Waals surface area contributed by atoms with Crippen molar-refractivity contribution in [2.45, 2.75) is 71.6 Å². The zero-order chi connectivity index (χ0) is 20.9. The van der Waals surface area contributed by atoms with Crippen LogP contribution in [0.3, 0.4) is 0 Å². The van der Waals surface area contributed by atoms with E-state index in [1.54, 1.807) is 6.20 Å². The van der Waals surface area contributed by atoms with Gasteiger partial charge in [0.25, 0.3) is 0 Å². The Hall–Kier alpha value is -1.52. The van der Waals surface area contributed by atoms with Crippen molar-refractivity contribution < 1.29 is 9.53 Å². The van der Waals surface area contributed by atoms with Crippen LogP contribution in [0.25, 0.3) is 0 Å². The van der Waals surface area contributed by atoms with E-state index in [4.69, 9.17) is 9.73 Å². The molecule has 2 fully saturated rings. The number of likely N-dealkylation sites (tertiary alicyclic amines) is 1. The standard InChI is InChI=1S/C21H36N6O2.HI/c1-5-22-19(23-14-17-8-11-24-25-17)26-12-9-18(10-13-26)27(15-16-6-7-16)20(28)29-21(2,3)4;/h8,11,16,18H,5-7,9-10,12-15H2,1-4H3,(H,22,23)(H,24,25);1H. The fourth-order valence-corrected chi connectivity index (χ4v) is 3.62. The first-order chi connectivity index (χ1) is 13.9. The second kappa shape index (κ2) is 11.2. The summed E-state index contributed by atoms with van der Waals surface area (Å²) in [5, 5.41) is 10.3. The van der Waals surface area contributed by atoms with E-state index in [0.29, 0.717) is 12.5 Å². The lowest BCUT2D eigenvalue weighted by molar-refractivity contribution is 0.00928. The highest BCUT2D eigenvalue weighted by atomic mass is 127. The number of guanidine groups is 1. The molecule has 3 rings (SSSR count). The molecule has 0 aromatic carbocycles. The SMILES string of the molecule is CCNC(=NCc1ccn[nH]1)N1CCC(N(CC2CC2)C(=O)OC(C)(C)C)CC1.I. The van der Waals surface area contributed by atoms with Crippen LogP contribution in [0, 0.1) is 5.92 Å². The normalized spacial score (nSPS) is 18.0. The number of ether oxygens (including phenoxy) is 1.